The van der Waals surface area contributed by atoms with Crippen LogP contribution in [0.3, 0.4) is 0 Å². The molecule has 0 aliphatic heterocycles. The van der Waals surface area contributed by atoms with E-state index in [4.69, 9.17) is 0 Å². The van der Waals surface area contributed by atoms with Gasteiger partial charge < -0.3 is 9.80 Å². The summed E-state index contributed by atoms with van der Waals surface area (Å²) in [5.41, 5.74) is 24.9. The Balaban J connectivity index is 1.01. The standard InChI is InChI=1S/C57H44N2/c1-5-43-45-21-13-15-23-47(45)49-29-25-39(33-53(43)49)58(37-17-9-7-10-18-37)41-27-31-51-52-32-28-42(36-56(52)57(3,4)55(51)35-41)59(38-19-11-8-12-20-38)40-26-30-50-48-24-16-14-22-46(48)44(6-2)54(50)34-40/h5-36H,1-4H3/b43-5+,44-6+. The number of benzene rings is 8. The lowest BCUT2D eigenvalue weighted by molar-refractivity contribution is 0.660. The van der Waals surface area contributed by atoms with Crippen molar-refractivity contribution < 1.29 is 0 Å². The summed E-state index contributed by atoms with van der Waals surface area (Å²) in [5.74, 6) is 0. The highest BCUT2D eigenvalue weighted by molar-refractivity contribution is 6.04. The molecule has 0 amide bonds. The minimum Gasteiger partial charge on any atom is -0.310 e. The number of anilines is 6. The third-order valence-corrected chi connectivity index (χ3v) is 12.9. The van der Waals surface area contributed by atoms with E-state index in [9.17, 15) is 0 Å². The maximum Gasteiger partial charge on any atom is 0.0468 e. The first-order valence-corrected chi connectivity index (χ1v) is 20.8. The molecule has 0 saturated carbocycles. The quantitative estimate of drug-likeness (QED) is 0.167. The topological polar surface area (TPSA) is 6.48 Å². The SMILES string of the molecule is C/C=C1\c2ccccc2-c2ccc(N(c3ccccc3)c3ccc4c(c3)C(C)(C)c3cc(N(c5ccccc5)c5ccc6c(c5)/C(=C/C)c5ccccc5-6)ccc3-4)cc21. The molecule has 2 heteroatoms. The molecule has 3 aliphatic carbocycles. The summed E-state index contributed by atoms with van der Waals surface area (Å²) in [5, 5.41) is 0. The van der Waals surface area contributed by atoms with Gasteiger partial charge in [-0.15, -0.1) is 0 Å². The normalized spacial score (nSPS) is 15.0. The molecule has 0 atom stereocenters. The first kappa shape index (κ1) is 35.0. The van der Waals surface area contributed by atoms with Gasteiger partial charge in [-0.2, -0.15) is 0 Å². The van der Waals surface area contributed by atoms with E-state index in [0.717, 1.165) is 34.1 Å². The van der Waals surface area contributed by atoms with Crippen LogP contribution in [0.5, 0.6) is 0 Å². The second-order valence-corrected chi connectivity index (χ2v) is 16.4. The minimum atomic E-state index is -0.239. The number of para-hydroxylation sites is 2. The largest absolute Gasteiger partial charge is 0.310 e. The van der Waals surface area contributed by atoms with E-state index in [0.29, 0.717) is 0 Å². The Morgan fingerprint density at radius 2 is 0.627 bits per heavy atom. The molecular formula is C57H44N2. The molecular weight excluding hydrogens is 713 g/mol. The number of nitrogens with zero attached hydrogens (tertiary/aromatic N) is 2. The van der Waals surface area contributed by atoms with Crippen molar-refractivity contribution in [2.75, 3.05) is 9.80 Å². The fraction of sp³-hybridized carbons (Fsp3) is 0.0877. The predicted molar refractivity (Wildman–Crippen MR) is 250 cm³/mol. The van der Waals surface area contributed by atoms with Crippen LogP contribution >= 0.6 is 0 Å². The van der Waals surface area contributed by atoms with Crippen LogP contribution < -0.4 is 9.80 Å². The Morgan fingerprint density at radius 3 is 1.02 bits per heavy atom. The van der Waals surface area contributed by atoms with Gasteiger partial charge in [-0.1, -0.05) is 135 Å². The van der Waals surface area contributed by atoms with Gasteiger partial charge in [-0.3, -0.25) is 0 Å². The van der Waals surface area contributed by atoms with E-state index < -0.39 is 0 Å². The van der Waals surface area contributed by atoms with Crippen LogP contribution in [-0.4, -0.2) is 0 Å². The summed E-state index contributed by atoms with van der Waals surface area (Å²) in [6, 6.07) is 67.3. The third kappa shape index (κ3) is 5.33. The average Bonchev–Trinajstić information content (AvgIpc) is 3.86. The highest BCUT2D eigenvalue weighted by Crippen LogP contribution is 2.54. The lowest BCUT2D eigenvalue weighted by atomic mass is 9.82. The molecule has 3 aliphatic rings. The number of hydrogen-bond acceptors (Lipinski definition) is 2. The lowest BCUT2D eigenvalue weighted by Crippen LogP contribution is -2.17. The Bertz CT molecular complexity index is 2830. The lowest BCUT2D eigenvalue weighted by Gasteiger charge is -2.29. The summed E-state index contributed by atoms with van der Waals surface area (Å²) in [7, 11) is 0. The van der Waals surface area contributed by atoms with Gasteiger partial charge >= 0.3 is 0 Å². The molecule has 59 heavy (non-hydrogen) atoms. The van der Waals surface area contributed by atoms with E-state index in [2.05, 4.69) is 232 Å². The Labute approximate surface area is 347 Å². The van der Waals surface area contributed by atoms with Gasteiger partial charge in [0.05, 0.1) is 0 Å². The smallest absolute Gasteiger partial charge is 0.0468 e. The van der Waals surface area contributed by atoms with Crippen LogP contribution in [0.1, 0.15) is 61.1 Å². The molecule has 0 fully saturated rings. The first-order valence-electron chi connectivity index (χ1n) is 20.8. The van der Waals surface area contributed by atoms with E-state index in [1.54, 1.807) is 0 Å². The van der Waals surface area contributed by atoms with E-state index >= 15 is 0 Å². The van der Waals surface area contributed by atoms with Crippen molar-refractivity contribution in [1.29, 1.82) is 0 Å². The maximum absolute atomic E-state index is 2.44. The average molecular weight is 757 g/mol. The number of fused-ring (bicyclic) bond motifs is 9. The summed E-state index contributed by atoms with van der Waals surface area (Å²) < 4.78 is 0. The van der Waals surface area contributed by atoms with Crippen molar-refractivity contribution in [3.8, 4) is 33.4 Å². The molecule has 0 aromatic heterocycles. The summed E-state index contributed by atoms with van der Waals surface area (Å²) >= 11 is 0. The van der Waals surface area contributed by atoms with Crippen molar-refractivity contribution in [2.45, 2.75) is 33.1 Å². The molecule has 0 radical (unpaired) electrons. The van der Waals surface area contributed by atoms with Crippen molar-refractivity contribution in [3.05, 3.63) is 228 Å². The summed E-state index contributed by atoms with van der Waals surface area (Å²) in [6.45, 7) is 9.08. The van der Waals surface area contributed by atoms with Gasteiger partial charge in [-0.05, 0) is 165 Å². The van der Waals surface area contributed by atoms with E-state index in [-0.39, 0.29) is 5.41 Å². The van der Waals surface area contributed by atoms with Crippen LogP contribution in [-0.2, 0) is 5.41 Å². The van der Waals surface area contributed by atoms with Gasteiger partial charge in [0, 0.05) is 39.5 Å². The van der Waals surface area contributed by atoms with Gasteiger partial charge in [0.1, 0.15) is 0 Å². The Kier molecular flexibility index (Phi) is 8.00. The molecule has 8 aromatic rings. The molecule has 8 aromatic carbocycles. The molecule has 2 nitrogen and oxygen atoms in total. The summed E-state index contributed by atoms with van der Waals surface area (Å²) in [6.07, 6.45) is 4.51. The van der Waals surface area contributed by atoms with Gasteiger partial charge in [0.15, 0.2) is 0 Å². The number of allylic oxidation sites excluding steroid dienone is 2. The van der Waals surface area contributed by atoms with Crippen LogP contribution in [0.15, 0.2) is 194 Å². The molecule has 0 saturated heterocycles. The molecule has 11 rings (SSSR count). The number of hydrogen-bond donors (Lipinski definition) is 0. The predicted octanol–water partition coefficient (Wildman–Crippen LogP) is 15.8. The zero-order valence-corrected chi connectivity index (χ0v) is 33.9. The molecule has 0 unspecified atom stereocenters. The Morgan fingerprint density at radius 1 is 0.305 bits per heavy atom. The zero-order valence-electron chi connectivity index (χ0n) is 33.9. The van der Waals surface area contributed by atoms with Crippen molar-refractivity contribution in [3.63, 3.8) is 0 Å². The monoisotopic (exact) mass is 756 g/mol. The fourth-order valence-electron chi connectivity index (χ4n) is 10.1. The van der Waals surface area contributed by atoms with Gasteiger partial charge in [-0.25, -0.2) is 0 Å². The van der Waals surface area contributed by atoms with Crippen molar-refractivity contribution in [2.24, 2.45) is 0 Å². The van der Waals surface area contributed by atoms with Crippen molar-refractivity contribution >= 4 is 45.3 Å². The first-order chi connectivity index (χ1) is 28.9. The minimum absolute atomic E-state index is 0.239. The maximum atomic E-state index is 2.44. The third-order valence-electron chi connectivity index (χ3n) is 12.9. The second-order valence-electron chi connectivity index (χ2n) is 16.4. The molecule has 0 bridgehead atoms. The second kappa shape index (κ2) is 13.5. The fourth-order valence-corrected chi connectivity index (χ4v) is 10.1. The van der Waals surface area contributed by atoms with E-state index in [1.165, 1.54) is 77.9 Å². The summed E-state index contributed by atoms with van der Waals surface area (Å²) in [4.78, 5) is 4.84. The van der Waals surface area contributed by atoms with E-state index in [1.807, 2.05) is 0 Å². The van der Waals surface area contributed by atoms with Crippen molar-refractivity contribution in [1.82, 2.24) is 0 Å². The molecule has 0 spiro atoms. The van der Waals surface area contributed by atoms with Crippen LogP contribution in [0.4, 0.5) is 34.1 Å². The zero-order chi connectivity index (χ0) is 39.8. The van der Waals surface area contributed by atoms with Crippen LogP contribution in [0.25, 0.3) is 44.5 Å². The molecule has 0 heterocycles. The highest BCUT2D eigenvalue weighted by atomic mass is 15.1. The number of rotatable bonds is 6. The Hall–Kier alpha value is -7.16. The molecule has 282 valence electrons. The molecule has 0 N–H and O–H groups in total. The van der Waals surface area contributed by atoms with Gasteiger partial charge in [0.2, 0.25) is 0 Å². The van der Waals surface area contributed by atoms with Gasteiger partial charge in [0.25, 0.3) is 0 Å². The van der Waals surface area contributed by atoms with Crippen LogP contribution in [0, 0.1) is 0 Å². The highest BCUT2D eigenvalue weighted by Gasteiger charge is 2.37. The van der Waals surface area contributed by atoms with Crippen LogP contribution in [0.2, 0.25) is 0 Å².